The second kappa shape index (κ2) is 4.94. The average molecular weight is 249 g/mol. The lowest BCUT2D eigenvalue weighted by molar-refractivity contribution is 0.0680. The number of nitrogens with one attached hydrogen (secondary N) is 1. The second-order valence-electron chi connectivity index (χ2n) is 5.57. The Balaban J connectivity index is 1.66. The van der Waals surface area contributed by atoms with E-state index in [1.807, 2.05) is 0 Å². The minimum atomic E-state index is -0.255. The Labute approximate surface area is 107 Å². The van der Waals surface area contributed by atoms with Crippen molar-refractivity contribution in [1.82, 2.24) is 15.2 Å². The Morgan fingerprint density at radius 1 is 1.39 bits per heavy atom. The van der Waals surface area contributed by atoms with Gasteiger partial charge in [0.15, 0.2) is 0 Å². The summed E-state index contributed by atoms with van der Waals surface area (Å²) in [5.74, 6) is 0.536. The molecule has 0 spiro atoms. The SMILES string of the molecule is CC(NC1CN2CCC1CC2)c1cncc(F)c1. The molecule has 3 nitrogen and oxygen atoms in total. The number of fused-ring (bicyclic) bond motifs is 3. The molecule has 2 unspecified atom stereocenters. The van der Waals surface area contributed by atoms with Crippen molar-refractivity contribution >= 4 is 0 Å². The summed E-state index contributed by atoms with van der Waals surface area (Å²) in [6.07, 6.45) is 5.60. The summed E-state index contributed by atoms with van der Waals surface area (Å²) in [6.45, 7) is 5.73. The van der Waals surface area contributed by atoms with Gasteiger partial charge in [0, 0.05) is 24.8 Å². The number of hydrogen-bond donors (Lipinski definition) is 1. The molecule has 0 aromatic carbocycles. The van der Waals surface area contributed by atoms with Crippen molar-refractivity contribution in [1.29, 1.82) is 0 Å². The van der Waals surface area contributed by atoms with Gasteiger partial charge in [-0.2, -0.15) is 0 Å². The van der Waals surface area contributed by atoms with Crippen molar-refractivity contribution in [2.75, 3.05) is 19.6 Å². The molecule has 3 saturated heterocycles. The topological polar surface area (TPSA) is 28.2 Å². The van der Waals surface area contributed by atoms with Crippen LogP contribution in [-0.4, -0.2) is 35.6 Å². The van der Waals surface area contributed by atoms with Gasteiger partial charge in [-0.3, -0.25) is 4.98 Å². The van der Waals surface area contributed by atoms with Gasteiger partial charge in [0.25, 0.3) is 0 Å². The van der Waals surface area contributed by atoms with Gasteiger partial charge in [-0.05, 0) is 50.4 Å². The normalized spacial score (nSPS) is 32.4. The van der Waals surface area contributed by atoms with E-state index in [4.69, 9.17) is 0 Å². The zero-order valence-electron chi connectivity index (χ0n) is 10.8. The zero-order valence-corrected chi connectivity index (χ0v) is 10.8. The number of aromatic nitrogens is 1. The number of piperidine rings is 3. The van der Waals surface area contributed by atoms with Crippen molar-refractivity contribution < 1.29 is 4.39 Å². The molecule has 3 fully saturated rings. The molecule has 0 amide bonds. The third-order valence-electron chi connectivity index (χ3n) is 4.35. The Hall–Kier alpha value is -1.00. The van der Waals surface area contributed by atoms with Gasteiger partial charge in [-0.1, -0.05) is 0 Å². The van der Waals surface area contributed by atoms with Crippen molar-refractivity contribution in [3.63, 3.8) is 0 Å². The first-order chi connectivity index (χ1) is 8.72. The van der Waals surface area contributed by atoms with E-state index in [0.717, 1.165) is 18.0 Å². The molecule has 0 aliphatic carbocycles. The van der Waals surface area contributed by atoms with Crippen LogP contribution in [0.5, 0.6) is 0 Å². The summed E-state index contributed by atoms with van der Waals surface area (Å²) in [5, 5.41) is 3.65. The number of rotatable bonds is 3. The maximum absolute atomic E-state index is 13.2. The molecule has 4 heterocycles. The molecule has 4 rings (SSSR count). The summed E-state index contributed by atoms with van der Waals surface area (Å²) in [4.78, 5) is 6.44. The van der Waals surface area contributed by atoms with E-state index in [1.54, 1.807) is 12.3 Å². The Kier molecular flexibility index (Phi) is 3.31. The summed E-state index contributed by atoms with van der Waals surface area (Å²) < 4.78 is 13.2. The maximum Gasteiger partial charge on any atom is 0.141 e. The first kappa shape index (κ1) is 12.1. The van der Waals surface area contributed by atoms with Crippen LogP contribution >= 0.6 is 0 Å². The Morgan fingerprint density at radius 3 is 2.78 bits per heavy atom. The van der Waals surface area contributed by atoms with E-state index < -0.39 is 0 Å². The highest BCUT2D eigenvalue weighted by molar-refractivity contribution is 5.14. The number of pyridine rings is 1. The number of hydrogen-bond acceptors (Lipinski definition) is 3. The molecule has 1 N–H and O–H groups in total. The van der Waals surface area contributed by atoms with E-state index in [-0.39, 0.29) is 11.9 Å². The Bertz CT molecular complexity index is 415. The molecule has 0 radical (unpaired) electrons. The van der Waals surface area contributed by atoms with Crippen molar-refractivity contribution in [2.24, 2.45) is 5.92 Å². The zero-order chi connectivity index (χ0) is 12.5. The maximum atomic E-state index is 13.2. The van der Waals surface area contributed by atoms with Crippen LogP contribution in [-0.2, 0) is 0 Å². The molecule has 3 aliphatic heterocycles. The third kappa shape index (κ3) is 2.40. The third-order valence-corrected chi connectivity index (χ3v) is 4.35. The summed E-state index contributed by atoms with van der Waals surface area (Å²) in [7, 11) is 0. The molecule has 1 aromatic heterocycles. The quantitative estimate of drug-likeness (QED) is 0.887. The highest BCUT2D eigenvalue weighted by Gasteiger charge is 2.34. The van der Waals surface area contributed by atoms with E-state index in [0.29, 0.717) is 6.04 Å². The van der Waals surface area contributed by atoms with Gasteiger partial charge in [-0.25, -0.2) is 4.39 Å². The van der Waals surface area contributed by atoms with E-state index in [1.165, 1.54) is 32.1 Å². The largest absolute Gasteiger partial charge is 0.306 e. The highest BCUT2D eigenvalue weighted by atomic mass is 19.1. The average Bonchev–Trinajstić information content (AvgIpc) is 2.40. The van der Waals surface area contributed by atoms with Crippen LogP contribution < -0.4 is 5.32 Å². The molecule has 2 atom stereocenters. The van der Waals surface area contributed by atoms with Crippen LogP contribution in [0.15, 0.2) is 18.5 Å². The fourth-order valence-electron chi connectivity index (χ4n) is 3.24. The summed E-state index contributed by atoms with van der Waals surface area (Å²) >= 11 is 0. The predicted molar refractivity (Wildman–Crippen MR) is 68.7 cm³/mol. The van der Waals surface area contributed by atoms with E-state index in [2.05, 4.69) is 22.1 Å². The van der Waals surface area contributed by atoms with Crippen molar-refractivity contribution in [3.8, 4) is 0 Å². The van der Waals surface area contributed by atoms with Gasteiger partial charge < -0.3 is 10.2 Å². The summed E-state index contributed by atoms with van der Waals surface area (Å²) in [5.41, 5.74) is 0.937. The van der Waals surface area contributed by atoms with Crippen molar-refractivity contribution in [3.05, 3.63) is 29.8 Å². The van der Waals surface area contributed by atoms with Crippen LogP contribution in [0.2, 0.25) is 0 Å². The fraction of sp³-hybridized carbons (Fsp3) is 0.643. The standard InChI is InChI=1S/C14H20FN3/c1-10(12-6-13(15)8-16-7-12)17-14-9-18-4-2-11(14)3-5-18/h6-8,10-11,14,17H,2-5,9H2,1H3. The molecule has 98 valence electrons. The Morgan fingerprint density at radius 2 is 2.17 bits per heavy atom. The van der Waals surface area contributed by atoms with Gasteiger partial charge in [-0.15, -0.1) is 0 Å². The lowest BCUT2D eigenvalue weighted by atomic mass is 9.83. The van der Waals surface area contributed by atoms with Crippen LogP contribution in [0, 0.1) is 11.7 Å². The minimum absolute atomic E-state index is 0.166. The molecule has 2 bridgehead atoms. The van der Waals surface area contributed by atoms with Gasteiger partial charge >= 0.3 is 0 Å². The van der Waals surface area contributed by atoms with Gasteiger partial charge in [0.1, 0.15) is 5.82 Å². The number of nitrogens with zero attached hydrogens (tertiary/aromatic N) is 2. The molecular weight excluding hydrogens is 229 g/mol. The fourth-order valence-corrected chi connectivity index (χ4v) is 3.24. The van der Waals surface area contributed by atoms with Gasteiger partial charge in [0.2, 0.25) is 0 Å². The van der Waals surface area contributed by atoms with Crippen LogP contribution in [0.1, 0.15) is 31.4 Å². The second-order valence-corrected chi connectivity index (χ2v) is 5.57. The molecule has 3 aliphatic rings. The molecule has 1 aromatic rings. The monoisotopic (exact) mass is 249 g/mol. The smallest absolute Gasteiger partial charge is 0.141 e. The highest BCUT2D eigenvalue weighted by Crippen LogP contribution is 2.29. The van der Waals surface area contributed by atoms with E-state index >= 15 is 0 Å². The minimum Gasteiger partial charge on any atom is -0.306 e. The molecule has 4 heteroatoms. The van der Waals surface area contributed by atoms with Gasteiger partial charge in [0.05, 0.1) is 6.20 Å². The van der Waals surface area contributed by atoms with E-state index in [9.17, 15) is 4.39 Å². The molecule has 18 heavy (non-hydrogen) atoms. The lowest BCUT2D eigenvalue weighted by Gasteiger charge is -2.46. The first-order valence-corrected chi connectivity index (χ1v) is 6.81. The first-order valence-electron chi connectivity index (χ1n) is 6.81. The molecular formula is C14H20FN3. The lowest BCUT2D eigenvalue weighted by Crippen LogP contribution is -2.56. The summed E-state index contributed by atoms with van der Waals surface area (Å²) in [6, 6.07) is 2.29. The number of halogens is 1. The molecule has 0 saturated carbocycles. The van der Waals surface area contributed by atoms with Crippen molar-refractivity contribution in [2.45, 2.75) is 31.8 Å². The van der Waals surface area contributed by atoms with Crippen LogP contribution in [0.25, 0.3) is 0 Å². The van der Waals surface area contributed by atoms with Crippen LogP contribution in [0.4, 0.5) is 4.39 Å². The van der Waals surface area contributed by atoms with Crippen LogP contribution in [0.3, 0.4) is 0 Å². The predicted octanol–water partition coefficient (Wildman–Crippen LogP) is 1.97.